The van der Waals surface area contributed by atoms with E-state index >= 15 is 0 Å². The molecule has 0 unspecified atom stereocenters. The van der Waals surface area contributed by atoms with Gasteiger partial charge in [-0.2, -0.15) is 0 Å². The van der Waals surface area contributed by atoms with E-state index in [4.69, 9.17) is 6.00 Å². The summed E-state index contributed by atoms with van der Waals surface area (Å²) in [5, 5.41) is 0. The summed E-state index contributed by atoms with van der Waals surface area (Å²) in [6.07, 6.45) is 0. The van der Waals surface area contributed by atoms with Crippen molar-refractivity contribution in [2.45, 2.75) is 0 Å². The molecule has 21 valence electrons. The van der Waals surface area contributed by atoms with Gasteiger partial charge in [0.15, 0.2) is 0 Å². The van der Waals surface area contributed by atoms with Crippen molar-refractivity contribution >= 4 is 0 Å². The van der Waals surface area contributed by atoms with Crippen molar-refractivity contribution in [1.29, 1.82) is 0 Å². The molecule has 0 radical (unpaired) electrons. The van der Waals surface area contributed by atoms with Gasteiger partial charge >= 0.3 is 29.7 Å². The Morgan fingerprint density at radius 1 is 1.75 bits per heavy atom. The Kier molecular flexibility index (Phi) is 20.1. The zero-order valence-corrected chi connectivity index (χ0v) is 7.91. The second-order valence-electron chi connectivity index (χ2n) is 0.0913. The molecule has 0 amide bonds. The molecule has 0 fully saturated rings. The van der Waals surface area contributed by atoms with Gasteiger partial charge in [-0.15, -0.1) is 0 Å². The van der Waals surface area contributed by atoms with E-state index < -0.39 is 23.7 Å². The standard InChI is InChI=1S/Hf.H2O.O.Zr/h;1H2;;/q;;;+1/p-1. The van der Waals surface area contributed by atoms with E-state index in [0.29, 0.717) is 0 Å². The summed E-state index contributed by atoms with van der Waals surface area (Å²) >= 11 is -2.02. The topological polar surface area (TPSA) is 37.3 Å². The fraction of sp³-hybridized carbons (Fsp3) is 0. The van der Waals surface area contributed by atoms with Crippen LogP contribution < -0.4 is 0 Å². The Hall–Kier alpha value is 1.51. The molecule has 4 heteroatoms. The zero-order chi connectivity index (χ0) is 2.71. The quantitative estimate of drug-likeness (QED) is 0.602. The number of rotatable bonds is 0. The molecule has 0 aliphatic rings. The van der Waals surface area contributed by atoms with Gasteiger partial charge in [0, 0.05) is 25.8 Å². The monoisotopic (exact) mass is 303 g/mol. The van der Waals surface area contributed by atoms with Gasteiger partial charge in [0.05, 0.1) is 0 Å². The van der Waals surface area contributed by atoms with Gasteiger partial charge in [-0.25, -0.2) is 0 Å². The summed E-state index contributed by atoms with van der Waals surface area (Å²) < 4.78 is 15.8. The Balaban J connectivity index is 0. The third-order valence-corrected chi connectivity index (χ3v) is 0. The molecule has 0 atom stereocenters. The van der Waals surface area contributed by atoms with Crippen LogP contribution in [0.25, 0.3) is 0 Å². The molecular weight excluding hydrogens is 302 g/mol. The summed E-state index contributed by atoms with van der Waals surface area (Å²) in [5.41, 5.74) is 0. The first-order valence-electron chi connectivity index (χ1n) is 0.428. The van der Waals surface area contributed by atoms with Crippen LogP contribution in [0.1, 0.15) is 0 Å². The molecule has 0 saturated heterocycles. The fourth-order valence-electron chi connectivity index (χ4n) is 0. The molecule has 0 bridgehead atoms. The molecule has 0 aliphatic heterocycles. The first kappa shape index (κ1) is 9.10. The van der Waals surface area contributed by atoms with Gasteiger partial charge in [0.1, 0.15) is 0 Å². The van der Waals surface area contributed by atoms with Crippen LogP contribution in [0.5, 0.6) is 0 Å². The number of hydrogen-bond acceptors (Lipinski definition) is 1. The van der Waals surface area contributed by atoms with Crippen LogP contribution in [0.4, 0.5) is 0 Å². The minimum absolute atomic E-state index is 0. The Bertz CT molecular complexity index is 13.5. The van der Waals surface area contributed by atoms with E-state index in [1.165, 1.54) is 0 Å². The van der Waals surface area contributed by atoms with Gasteiger partial charge in [-0.3, -0.25) is 0 Å². The van der Waals surface area contributed by atoms with E-state index in [1.807, 2.05) is 0 Å². The van der Waals surface area contributed by atoms with E-state index in [1.54, 1.807) is 0 Å². The molecule has 0 aromatic heterocycles. The van der Waals surface area contributed by atoms with Gasteiger partial charge in [0.25, 0.3) is 0 Å². The van der Waals surface area contributed by atoms with E-state index in [0.717, 1.165) is 0 Å². The van der Waals surface area contributed by atoms with Crippen molar-refractivity contribution in [2.75, 3.05) is 0 Å². The van der Waals surface area contributed by atoms with E-state index in [-0.39, 0.29) is 25.8 Å². The average molecular weight is 303 g/mol. The van der Waals surface area contributed by atoms with Crippen LogP contribution in [0, 0.1) is 0 Å². The summed E-state index contributed by atoms with van der Waals surface area (Å²) in [5.74, 6) is 0. The maximum atomic E-state index is 8.66. The molecule has 0 heterocycles. The van der Waals surface area contributed by atoms with Crippen molar-refractivity contribution in [3.8, 4) is 0 Å². The summed E-state index contributed by atoms with van der Waals surface area (Å²) in [6.45, 7) is 0. The van der Waals surface area contributed by atoms with Crippen molar-refractivity contribution in [3.05, 3.63) is 0 Å². The summed E-state index contributed by atoms with van der Waals surface area (Å²) in [6, 6.07) is 0. The Morgan fingerprint density at radius 3 is 1.75 bits per heavy atom. The van der Waals surface area contributed by atoms with Gasteiger partial charge in [-0.1, -0.05) is 0 Å². The average Bonchev–Trinajstić information content (AvgIpc) is 0.918. The van der Waals surface area contributed by atoms with Crippen LogP contribution >= 0.6 is 0 Å². The van der Waals surface area contributed by atoms with Gasteiger partial charge in [0.2, 0.25) is 0 Å². The van der Waals surface area contributed by atoms with Gasteiger partial charge in [-0.05, 0) is 0 Å². The zero-order valence-electron chi connectivity index (χ0n) is 1.86. The van der Waals surface area contributed by atoms with Crippen LogP contribution in [-0.4, -0.2) is 3.18 Å². The molecule has 1 N–H and O–H groups in total. The molecular formula is HHfO2Zr. The number of hydrogen-bond donors (Lipinski definition) is 1. The van der Waals surface area contributed by atoms with E-state index in [9.17, 15) is 0 Å². The van der Waals surface area contributed by atoms with Crippen molar-refractivity contribution in [2.24, 2.45) is 0 Å². The predicted molar refractivity (Wildman–Crippen MR) is 2.91 cm³/mol. The van der Waals surface area contributed by atoms with Crippen molar-refractivity contribution in [1.82, 2.24) is 0 Å². The first-order chi connectivity index (χ1) is 1.41. The Labute approximate surface area is 55.0 Å². The third-order valence-electron chi connectivity index (χ3n) is 0. The summed E-state index contributed by atoms with van der Waals surface area (Å²) in [7, 11) is 0. The molecule has 0 aromatic rings. The summed E-state index contributed by atoms with van der Waals surface area (Å²) in [4.78, 5) is 0. The van der Waals surface area contributed by atoms with Crippen molar-refractivity contribution < 1.29 is 55.5 Å². The first-order valence-corrected chi connectivity index (χ1v) is 2.53. The second-order valence-corrected chi connectivity index (χ2v) is 0.540. The van der Waals surface area contributed by atoms with Crippen molar-refractivity contribution in [3.63, 3.8) is 0 Å². The molecule has 0 rings (SSSR count). The minimum atomic E-state index is -2.02. The predicted octanol–water partition coefficient (Wildman–Crippen LogP) is -0.681. The van der Waals surface area contributed by atoms with Crippen LogP contribution in [-0.2, 0) is 52.3 Å². The maximum absolute atomic E-state index is 8.66. The molecule has 0 aromatic carbocycles. The SMILES string of the molecule is [Hf].[O]=[Zr][OH]. The normalized spacial score (nSPS) is 2.25. The van der Waals surface area contributed by atoms with E-state index in [2.05, 4.69) is 0 Å². The van der Waals surface area contributed by atoms with Gasteiger partial charge < -0.3 is 0 Å². The molecule has 0 spiro atoms. The molecule has 2 nitrogen and oxygen atoms in total. The fourth-order valence-corrected chi connectivity index (χ4v) is 0. The third kappa shape index (κ3) is 9.69. The second kappa shape index (κ2) is 8.82. The molecule has 4 heavy (non-hydrogen) atoms. The van der Waals surface area contributed by atoms with Crippen LogP contribution in [0.3, 0.4) is 0 Å². The van der Waals surface area contributed by atoms with Crippen LogP contribution in [0.15, 0.2) is 0 Å². The molecule has 0 aliphatic carbocycles. The Morgan fingerprint density at radius 2 is 1.75 bits per heavy atom. The molecule has 0 saturated carbocycles. The van der Waals surface area contributed by atoms with Crippen LogP contribution in [0.2, 0.25) is 0 Å².